The quantitative estimate of drug-likeness (QED) is 0.850. The lowest BCUT2D eigenvalue weighted by atomic mass is 10.1. The van der Waals surface area contributed by atoms with Crippen molar-refractivity contribution in [1.82, 2.24) is 9.71 Å². The number of aliphatic hydroxyl groups is 1. The first-order chi connectivity index (χ1) is 9.58. The number of thiophene rings is 1. The molecule has 108 valence electrons. The monoisotopic (exact) mass is 312 g/mol. The third-order valence-corrected chi connectivity index (χ3v) is 5.45. The number of pyridine rings is 1. The third kappa shape index (κ3) is 3.24. The lowest BCUT2D eigenvalue weighted by Gasteiger charge is -2.09. The van der Waals surface area contributed by atoms with Crippen LogP contribution in [0.15, 0.2) is 34.7 Å². The molecule has 0 aliphatic heterocycles. The second-order valence-electron chi connectivity index (χ2n) is 4.15. The maximum Gasteiger partial charge on any atom is 0.242 e. The van der Waals surface area contributed by atoms with Crippen LogP contribution in [0, 0.1) is 0 Å². The smallest absolute Gasteiger partial charge is 0.242 e. The zero-order chi connectivity index (χ0) is 14.6. The first-order valence-corrected chi connectivity index (χ1v) is 8.54. The molecule has 0 aliphatic carbocycles. The predicted molar refractivity (Wildman–Crippen MR) is 77.9 cm³/mol. The fourth-order valence-corrected chi connectivity index (χ4v) is 4.16. The average molecular weight is 312 g/mol. The number of nitrogens with one attached hydrogen (secondary N) is 1. The molecule has 0 unspecified atom stereocenters. The van der Waals surface area contributed by atoms with Crippen molar-refractivity contribution < 1.29 is 13.5 Å². The van der Waals surface area contributed by atoms with Crippen molar-refractivity contribution in [1.29, 1.82) is 0 Å². The fourth-order valence-electron chi connectivity index (χ4n) is 1.88. The molecule has 0 aliphatic rings. The minimum Gasteiger partial charge on any atom is -0.391 e. The largest absolute Gasteiger partial charge is 0.391 e. The van der Waals surface area contributed by atoms with Crippen LogP contribution < -0.4 is 4.72 Å². The van der Waals surface area contributed by atoms with E-state index in [-0.39, 0.29) is 18.0 Å². The van der Waals surface area contributed by atoms with E-state index >= 15 is 0 Å². The van der Waals surface area contributed by atoms with Crippen molar-refractivity contribution in [3.63, 3.8) is 0 Å². The van der Waals surface area contributed by atoms with Gasteiger partial charge in [-0.25, -0.2) is 13.1 Å². The minimum atomic E-state index is -3.62. The summed E-state index contributed by atoms with van der Waals surface area (Å²) in [5, 5.41) is 10.8. The Balaban J connectivity index is 2.18. The van der Waals surface area contributed by atoms with Gasteiger partial charge in [0, 0.05) is 11.1 Å². The van der Waals surface area contributed by atoms with Crippen LogP contribution in [0.2, 0.25) is 0 Å². The maximum atomic E-state index is 12.2. The summed E-state index contributed by atoms with van der Waals surface area (Å²) in [7, 11) is -3.62. The Labute approximate surface area is 122 Å². The van der Waals surface area contributed by atoms with E-state index in [2.05, 4.69) is 9.71 Å². The van der Waals surface area contributed by atoms with Gasteiger partial charge in [-0.2, -0.15) is 0 Å². The molecule has 5 nitrogen and oxygen atoms in total. The van der Waals surface area contributed by atoms with Gasteiger partial charge in [-0.3, -0.25) is 4.98 Å². The Morgan fingerprint density at radius 1 is 1.40 bits per heavy atom. The van der Waals surface area contributed by atoms with E-state index in [9.17, 15) is 8.42 Å². The molecule has 2 aromatic heterocycles. The summed E-state index contributed by atoms with van der Waals surface area (Å²) in [5.74, 6) is 0. The number of aliphatic hydroxyl groups excluding tert-OH is 1. The van der Waals surface area contributed by atoms with E-state index < -0.39 is 10.0 Å². The summed E-state index contributed by atoms with van der Waals surface area (Å²) < 4.78 is 26.9. The van der Waals surface area contributed by atoms with E-state index in [1.165, 1.54) is 17.4 Å². The van der Waals surface area contributed by atoms with Crippen molar-refractivity contribution >= 4 is 21.4 Å². The molecule has 0 aromatic carbocycles. The van der Waals surface area contributed by atoms with E-state index in [1.807, 2.05) is 19.1 Å². The summed E-state index contributed by atoms with van der Waals surface area (Å²) in [6.45, 7) is 1.86. The van der Waals surface area contributed by atoms with Gasteiger partial charge >= 0.3 is 0 Å². The van der Waals surface area contributed by atoms with Gasteiger partial charge in [0.05, 0.1) is 23.7 Å². The first-order valence-electron chi connectivity index (χ1n) is 6.18. The third-order valence-electron chi connectivity index (χ3n) is 2.93. The van der Waals surface area contributed by atoms with Gasteiger partial charge in [-0.1, -0.05) is 13.0 Å². The van der Waals surface area contributed by atoms with Crippen LogP contribution >= 0.6 is 11.3 Å². The molecule has 0 fully saturated rings. The Morgan fingerprint density at radius 2 is 2.20 bits per heavy atom. The standard InChI is InChI=1S/C13H16N2O3S2/c1-2-10-4-3-6-14-11(10)8-15-20(17,18)13-5-7-19-12(13)9-16/h3-7,15-16H,2,8-9H2,1H3. The predicted octanol–water partition coefficient (Wildman–Crippen LogP) is 1.68. The van der Waals surface area contributed by atoms with E-state index in [0.29, 0.717) is 4.88 Å². The Bertz CT molecular complexity index is 680. The van der Waals surface area contributed by atoms with Crippen LogP contribution in [0.5, 0.6) is 0 Å². The summed E-state index contributed by atoms with van der Waals surface area (Å²) >= 11 is 1.22. The van der Waals surface area contributed by atoms with Gasteiger partial charge in [-0.05, 0) is 29.5 Å². The van der Waals surface area contributed by atoms with Crippen molar-refractivity contribution in [2.24, 2.45) is 0 Å². The number of hydrogen-bond acceptors (Lipinski definition) is 5. The molecule has 2 N–H and O–H groups in total. The van der Waals surface area contributed by atoms with Crippen LogP contribution in [-0.2, 0) is 29.6 Å². The van der Waals surface area contributed by atoms with Crippen molar-refractivity contribution in [2.75, 3.05) is 0 Å². The highest BCUT2D eigenvalue weighted by molar-refractivity contribution is 7.89. The second-order valence-corrected chi connectivity index (χ2v) is 6.89. The van der Waals surface area contributed by atoms with Crippen LogP contribution in [0.3, 0.4) is 0 Å². The van der Waals surface area contributed by atoms with E-state index in [0.717, 1.165) is 17.7 Å². The summed E-state index contributed by atoms with van der Waals surface area (Å²) in [6.07, 6.45) is 2.44. The topological polar surface area (TPSA) is 79.3 Å². The van der Waals surface area contributed by atoms with Crippen LogP contribution in [0.25, 0.3) is 0 Å². The molecule has 0 radical (unpaired) electrons. The maximum absolute atomic E-state index is 12.2. The molecule has 0 saturated carbocycles. The number of aryl methyl sites for hydroxylation is 1. The summed E-state index contributed by atoms with van der Waals surface area (Å²) in [6, 6.07) is 5.26. The summed E-state index contributed by atoms with van der Waals surface area (Å²) in [5.41, 5.74) is 1.74. The van der Waals surface area contributed by atoms with Crippen LogP contribution in [-0.4, -0.2) is 18.5 Å². The molecule has 0 bridgehead atoms. The molecule has 0 spiro atoms. The molecular weight excluding hydrogens is 296 g/mol. The minimum absolute atomic E-state index is 0.138. The molecule has 20 heavy (non-hydrogen) atoms. The van der Waals surface area contributed by atoms with Gasteiger partial charge in [0.1, 0.15) is 0 Å². The number of aromatic nitrogens is 1. The van der Waals surface area contributed by atoms with Crippen LogP contribution in [0.4, 0.5) is 0 Å². The molecule has 0 saturated heterocycles. The van der Waals surface area contributed by atoms with Gasteiger partial charge < -0.3 is 5.11 Å². The van der Waals surface area contributed by atoms with Crippen molar-refractivity contribution in [3.05, 3.63) is 45.9 Å². The Hall–Kier alpha value is -1.28. The van der Waals surface area contributed by atoms with Gasteiger partial charge in [0.25, 0.3) is 0 Å². The number of rotatable bonds is 6. The number of nitrogens with zero attached hydrogens (tertiary/aromatic N) is 1. The molecular formula is C13H16N2O3S2. The molecule has 7 heteroatoms. The van der Waals surface area contributed by atoms with Crippen LogP contribution in [0.1, 0.15) is 23.1 Å². The number of sulfonamides is 1. The van der Waals surface area contributed by atoms with Crippen molar-refractivity contribution in [2.45, 2.75) is 31.4 Å². The normalized spacial score (nSPS) is 11.7. The molecule has 2 aromatic rings. The SMILES string of the molecule is CCc1cccnc1CNS(=O)(=O)c1ccsc1CO. The second kappa shape index (κ2) is 6.45. The first kappa shape index (κ1) is 15.1. The van der Waals surface area contributed by atoms with Gasteiger partial charge in [0.2, 0.25) is 10.0 Å². The van der Waals surface area contributed by atoms with E-state index in [1.54, 1.807) is 11.6 Å². The van der Waals surface area contributed by atoms with Crippen molar-refractivity contribution in [3.8, 4) is 0 Å². The molecule has 0 amide bonds. The van der Waals surface area contributed by atoms with Gasteiger partial charge in [0.15, 0.2) is 0 Å². The number of hydrogen-bond donors (Lipinski definition) is 2. The highest BCUT2D eigenvalue weighted by Gasteiger charge is 2.19. The average Bonchev–Trinajstić information content (AvgIpc) is 2.95. The highest BCUT2D eigenvalue weighted by Crippen LogP contribution is 2.21. The zero-order valence-electron chi connectivity index (χ0n) is 11.0. The Morgan fingerprint density at radius 3 is 2.90 bits per heavy atom. The lowest BCUT2D eigenvalue weighted by Crippen LogP contribution is -2.24. The fraction of sp³-hybridized carbons (Fsp3) is 0.308. The van der Waals surface area contributed by atoms with Gasteiger partial charge in [-0.15, -0.1) is 11.3 Å². The molecule has 2 heterocycles. The lowest BCUT2D eigenvalue weighted by molar-refractivity contribution is 0.282. The highest BCUT2D eigenvalue weighted by atomic mass is 32.2. The Kier molecular flexibility index (Phi) is 4.87. The molecule has 0 atom stereocenters. The van der Waals surface area contributed by atoms with E-state index in [4.69, 9.17) is 5.11 Å². The molecule has 2 rings (SSSR count). The zero-order valence-corrected chi connectivity index (χ0v) is 12.7. The summed E-state index contributed by atoms with van der Waals surface area (Å²) in [4.78, 5) is 4.78.